The van der Waals surface area contributed by atoms with E-state index in [2.05, 4.69) is 5.32 Å². The Balaban J connectivity index is 2.42. The van der Waals surface area contributed by atoms with Gasteiger partial charge in [0, 0.05) is 12.4 Å². The Kier molecular flexibility index (Phi) is 3.97. The van der Waals surface area contributed by atoms with E-state index < -0.39 is 5.54 Å². The summed E-state index contributed by atoms with van der Waals surface area (Å²) in [5.74, 6) is 0.490. The van der Waals surface area contributed by atoms with Crippen molar-refractivity contribution in [3.63, 3.8) is 0 Å². The molecular formula is C10H17ClN2O2. The molecule has 1 aliphatic heterocycles. The summed E-state index contributed by atoms with van der Waals surface area (Å²) in [6.07, 6.45) is 2.69. The first-order valence-corrected chi connectivity index (χ1v) is 5.72. The zero-order valence-corrected chi connectivity index (χ0v) is 9.93. The summed E-state index contributed by atoms with van der Waals surface area (Å²) in [7, 11) is 0. The molecule has 86 valence electrons. The summed E-state index contributed by atoms with van der Waals surface area (Å²) < 4.78 is 0. The van der Waals surface area contributed by atoms with Crippen molar-refractivity contribution in [3.8, 4) is 0 Å². The predicted molar refractivity (Wildman–Crippen MR) is 58.9 cm³/mol. The molecular weight excluding hydrogens is 216 g/mol. The molecule has 0 aliphatic carbocycles. The van der Waals surface area contributed by atoms with Gasteiger partial charge in [0.15, 0.2) is 0 Å². The monoisotopic (exact) mass is 232 g/mol. The molecule has 1 fully saturated rings. The molecule has 1 N–H and O–H groups in total. The second-order valence-electron chi connectivity index (χ2n) is 4.26. The average Bonchev–Trinajstić information content (AvgIpc) is 2.33. The number of unbranched alkanes of at least 4 members (excludes halogenated alkanes) is 2. The molecule has 1 heterocycles. The number of carbonyl (C=O) groups is 2. The van der Waals surface area contributed by atoms with Gasteiger partial charge >= 0.3 is 6.03 Å². The summed E-state index contributed by atoms with van der Waals surface area (Å²) in [5.41, 5.74) is -0.746. The number of hydrogen-bond acceptors (Lipinski definition) is 2. The quantitative estimate of drug-likeness (QED) is 0.446. The first-order chi connectivity index (χ1) is 6.99. The smallest absolute Gasteiger partial charge is 0.324 e. The van der Waals surface area contributed by atoms with Crippen molar-refractivity contribution < 1.29 is 9.59 Å². The van der Waals surface area contributed by atoms with Crippen molar-refractivity contribution in [2.45, 2.75) is 38.6 Å². The second kappa shape index (κ2) is 4.84. The van der Waals surface area contributed by atoms with Gasteiger partial charge < -0.3 is 5.32 Å². The molecule has 4 nitrogen and oxygen atoms in total. The van der Waals surface area contributed by atoms with Crippen LogP contribution in [0.2, 0.25) is 0 Å². The first kappa shape index (κ1) is 12.3. The third-order valence-corrected chi connectivity index (χ3v) is 2.73. The number of imide groups is 1. The van der Waals surface area contributed by atoms with E-state index in [-0.39, 0.29) is 11.9 Å². The minimum absolute atomic E-state index is 0.140. The van der Waals surface area contributed by atoms with E-state index in [4.69, 9.17) is 11.6 Å². The number of nitrogens with zero attached hydrogens (tertiary/aromatic N) is 1. The van der Waals surface area contributed by atoms with E-state index in [9.17, 15) is 9.59 Å². The number of alkyl halides is 1. The van der Waals surface area contributed by atoms with Crippen LogP contribution in [0.25, 0.3) is 0 Å². The first-order valence-electron chi connectivity index (χ1n) is 5.19. The summed E-state index contributed by atoms with van der Waals surface area (Å²) in [4.78, 5) is 24.4. The van der Waals surface area contributed by atoms with Crippen LogP contribution in [0.5, 0.6) is 0 Å². The van der Waals surface area contributed by atoms with Crippen LogP contribution in [0.3, 0.4) is 0 Å². The highest BCUT2D eigenvalue weighted by Crippen LogP contribution is 2.17. The van der Waals surface area contributed by atoms with E-state index in [1.165, 1.54) is 4.90 Å². The van der Waals surface area contributed by atoms with Gasteiger partial charge in [-0.05, 0) is 26.7 Å². The lowest BCUT2D eigenvalue weighted by Gasteiger charge is -2.15. The van der Waals surface area contributed by atoms with Gasteiger partial charge in [0.25, 0.3) is 5.91 Å². The molecule has 5 heteroatoms. The van der Waals surface area contributed by atoms with Crippen LogP contribution in [-0.4, -0.2) is 34.8 Å². The lowest BCUT2D eigenvalue weighted by Crippen LogP contribution is -2.40. The van der Waals surface area contributed by atoms with E-state index in [1.54, 1.807) is 13.8 Å². The van der Waals surface area contributed by atoms with Crippen LogP contribution in [0.4, 0.5) is 4.79 Å². The molecule has 0 bridgehead atoms. The maximum absolute atomic E-state index is 11.7. The van der Waals surface area contributed by atoms with Crippen LogP contribution in [0, 0.1) is 0 Å². The number of amides is 3. The topological polar surface area (TPSA) is 49.4 Å². The number of hydrogen-bond donors (Lipinski definition) is 1. The molecule has 0 aromatic rings. The third kappa shape index (κ3) is 2.84. The minimum atomic E-state index is -0.746. The van der Waals surface area contributed by atoms with E-state index in [1.807, 2.05) is 0 Å². The van der Waals surface area contributed by atoms with Gasteiger partial charge in [0.2, 0.25) is 0 Å². The van der Waals surface area contributed by atoms with Crippen LogP contribution < -0.4 is 5.32 Å². The molecule has 0 saturated carbocycles. The number of carbonyl (C=O) groups excluding carboxylic acids is 2. The molecule has 1 aliphatic rings. The zero-order chi connectivity index (χ0) is 11.5. The molecule has 15 heavy (non-hydrogen) atoms. The van der Waals surface area contributed by atoms with E-state index in [0.717, 1.165) is 19.3 Å². The Morgan fingerprint density at radius 2 is 1.93 bits per heavy atom. The van der Waals surface area contributed by atoms with Gasteiger partial charge in [0.1, 0.15) is 5.54 Å². The van der Waals surface area contributed by atoms with Crippen LogP contribution in [0.1, 0.15) is 33.1 Å². The molecule has 0 radical (unpaired) electrons. The molecule has 0 atom stereocenters. The number of urea groups is 1. The largest absolute Gasteiger partial charge is 0.325 e. The lowest BCUT2D eigenvalue weighted by atomic mass is 10.1. The minimum Gasteiger partial charge on any atom is -0.324 e. The Labute approximate surface area is 95.0 Å². The fourth-order valence-electron chi connectivity index (χ4n) is 1.56. The van der Waals surface area contributed by atoms with Gasteiger partial charge in [-0.2, -0.15) is 0 Å². The average molecular weight is 233 g/mol. The Morgan fingerprint density at radius 3 is 2.40 bits per heavy atom. The van der Waals surface area contributed by atoms with Crippen molar-refractivity contribution in [1.29, 1.82) is 0 Å². The van der Waals surface area contributed by atoms with E-state index >= 15 is 0 Å². The SMILES string of the molecule is CC1(C)NC(=O)N(CCCCCCl)C1=O. The summed E-state index contributed by atoms with van der Waals surface area (Å²) in [5, 5.41) is 2.65. The highest BCUT2D eigenvalue weighted by Gasteiger charge is 2.43. The Hall–Kier alpha value is -0.770. The van der Waals surface area contributed by atoms with Gasteiger partial charge in [-0.1, -0.05) is 6.42 Å². The van der Waals surface area contributed by atoms with Crippen molar-refractivity contribution >= 4 is 23.5 Å². The molecule has 0 aromatic carbocycles. The Morgan fingerprint density at radius 1 is 1.27 bits per heavy atom. The Bertz CT molecular complexity index is 266. The lowest BCUT2D eigenvalue weighted by molar-refractivity contribution is -0.130. The molecule has 3 amide bonds. The number of rotatable bonds is 5. The van der Waals surface area contributed by atoms with Crippen molar-refractivity contribution in [2.24, 2.45) is 0 Å². The van der Waals surface area contributed by atoms with Crippen LogP contribution in [0.15, 0.2) is 0 Å². The van der Waals surface area contributed by atoms with Crippen molar-refractivity contribution in [1.82, 2.24) is 10.2 Å². The predicted octanol–water partition coefficient (Wildman–Crippen LogP) is 1.73. The maximum atomic E-state index is 11.7. The molecule has 0 unspecified atom stereocenters. The molecule has 0 spiro atoms. The molecule has 1 rings (SSSR count). The van der Waals surface area contributed by atoms with Gasteiger partial charge in [0.05, 0.1) is 0 Å². The van der Waals surface area contributed by atoms with Gasteiger partial charge in [-0.3, -0.25) is 9.69 Å². The van der Waals surface area contributed by atoms with E-state index in [0.29, 0.717) is 12.4 Å². The fourth-order valence-corrected chi connectivity index (χ4v) is 1.75. The zero-order valence-electron chi connectivity index (χ0n) is 9.18. The van der Waals surface area contributed by atoms with Crippen molar-refractivity contribution in [3.05, 3.63) is 0 Å². The standard InChI is InChI=1S/C10H17ClN2O2/c1-10(2)8(14)13(9(15)12-10)7-5-3-4-6-11/h3-7H2,1-2H3,(H,12,15). The maximum Gasteiger partial charge on any atom is 0.325 e. The van der Waals surface area contributed by atoms with Crippen molar-refractivity contribution in [2.75, 3.05) is 12.4 Å². The fraction of sp³-hybridized carbons (Fsp3) is 0.800. The molecule has 0 aromatic heterocycles. The van der Waals surface area contributed by atoms with Crippen LogP contribution >= 0.6 is 11.6 Å². The highest BCUT2D eigenvalue weighted by atomic mass is 35.5. The highest BCUT2D eigenvalue weighted by molar-refractivity contribution is 6.17. The summed E-state index contributed by atoms with van der Waals surface area (Å²) in [6.45, 7) is 3.92. The van der Waals surface area contributed by atoms with Crippen LogP contribution in [-0.2, 0) is 4.79 Å². The van der Waals surface area contributed by atoms with Gasteiger partial charge in [-0.15, -0.1) is 11.6 Å². The molecule has 1 saturated heterocycles. The number of halogens is 1. The second-order valence-corrected chi connectivity index (χ2v) is 4.64. The normalized spacial score (nSPS) is 19.5. The summed E-state index contributed by atoms with van der Waals surface area (Å²) in [6, 6.07) is -0.282. The summed E-state index contributed by atoms with van der Waals surface area (Å²) >= 11 is 5.54. The van der Waals surface area contributed by atoms with Gasteiger partial charge in [-0.25, -0.2) is 4.79 Å². The third-order valence-electron chi connectivity index (χ3n) is 2.46. The number of nitrogens with one attached hydrogen (secondary N) is 1.